The van der Waals surface area contributed by atoms with Gasteiger partial charge < -0.3 is 52.7 Å². The van der Waals surface area contributed by atoms with Gasteiger partial charge in [0.05, 0.1) is 0 Å². The maximum absolute atomic E-state index is 12.6. The zero-order valence-corrected chi connectivity index (χ0v) is 52.1. The molecule has 439 valence electrons. The Hall–Kier alpha value is -2.69. The Bertz CT molecular complexity index is 1910. The third kappa shape index (κ3) is 22.9. The van der Waals surface area contributed by atoms with Crippen LogP contribution in [0.25, 0.3) is 0 Å². The van der Waals surface area contributed by atoms with Crippen LogP contribution in [0.3, 0.4) is 0 Å². The predicted octanol–water partition coefficient (Wildman–Crippen LogP) is 9.92. The number of amides is 2. The van der Waals surface area contributed by atoms with Crippen molar-refractivity contribution < 1.29 is 71.9 Å². The number of nitrogens with zero attached hydrogens (tertiary/aromatic N) is 6. The zero-order chi connectivity index (χ0) is 56.2. The second-order valence-corrected chi connectivity index (χ2v) is 23.3. The summed E-state index contributed by atoms with van der Waals surface area (Å²) >= 11 is 0. The van der Waals surface area contributed by atoms with Crippen LogP contribution in [0, 0.1) is 6.92 Å². The molecule has 6 rings (SSSR count). The monoisotopic (exact) mass is 1180 g/mol. The van der Waals surface area contributed by atoms with Gasteiger partial charge in [0.15, 0.2) is 0 Å². The molecule has 2 aromatic carbocycles. The summed E-state index contributed by atoms with van der Waals surface area (Å²) in [6.45, 7) is 38.3. The van der Waals surface area contributed by atoms with Crippen molar-refractivity contribution in [2.24, 2.45) is 0 Å². The van der Waals surface area contributed by atoms with Crippen LogP contribution in [0.4, 0.5) is 35.9 Å². The van der Waals surface area contributed by atoms with Crippen LogP contribution in [-0.2, 0) is 9.47 Å². The summed E-state index contributed by atoms with van der Waals surface area (Å²) in [6, 6.07) is 13.5. The van der Waals surface area contributed by atoms with Crippen molar-refractivity contribution in [1.29, 1.82) is 0 Å². The van der Waals surface area contributed by atoms with Crippen molar-refractivity contribution in [2.75, 3.05) is 65.4 Å². The number of halogens is 7. The smallest absolute Gasteiger partial charge is 1.00 e. The molecule has 4 heterocycles. The fraction of sp³-hybridized carbons (Fsp3) is 0.737. The molecule has 4 aliphatic heterocycles. The summed E-state index contributed by atoms with van der Waals surface area (Å²) < 4.78 is 94.5. The number of rotatable bonds is 12. The molecule has 2 aromatic rings. The summed E-state index contributed by atoms with van der Waals surface area (Å²) in [5.74, 6) is -0.380. The second kappa shape index (κ2) is 31.7. The predicted molar refractivity (Wildman–Crippen MR) is 295 cm³/mol. The Morgan fingerprint density at radius 2 is 0.859 bits per heavy atom. The molecule has 4 aliphatic rings. The van der Waals surface area contributed by atoms with Gasteiger partial charge in [0, 0.05) is 109 Å². The molecule has 4 fully saturated rings. The van der Waals surface area contributed by atoms with Gasteiger partial charge in [0.2, 0.25) is 0 Å². The van der Waals surface area contributed by atoms with E-state index in [-0.39, 0.29) is 95.3 Å². The molecule has 2 amide bonds. The first-order valence-electron chi connectivity index (χ1n) is 27.3. The number of alkyl halides is 6. The average molecular weight is 1190 g/mol. The van der Waals surface area contributed by atoms with Crippen molar-refractivity contribution in [2.45, 2.75) is 207 Å². The van der Waals surface area contributed by atoms with Crippen molar-refractivity contribution in [1.82, 2.24) is 29.4 Å². The van der Waals surface area contributed by atoms with Gasteiger partial charge >= 0.3 is 48.0 Å². The van der Waals surface area contributed by atoms with Gasteiger partial charge in [-0.2, -0.15) is 6.42 Å². The average Bonchev–Trinajstić information content (AvgIpc) is 3.30. The van der Waals surface area contributed by atoms with Crippen molar-refractivity contribution >= 4 is 43.7 Å². The van der Waals surface area contributed by atoms with Gasteiger partial charge in [-0.1, -0.05) is 57.9 Å². The van der Waals surface area contributed by atoms with E-state index in [0.717, 1.165) is 108 Å². The van der Waals surface area contributed by atoms with E-state index in [4.69, 9.17) is 9.47 Å². The van der Waals surface area contributed by atoms with E-state index in [9.17, 15) is 35.9 Å². The van der Waals surface area contributed by atoms with Crippen molar-refractivity contribution in [3.63, 3.8) is 0 Å². The van der Waals surface area contributed by atoms with E-state index in [0.29, 0.717) is 38.3 Å². The van der Waals surface area contributed by atoms with E-state index in [2.05, 4.69) is 77.5 Å². The third-order valence-corrected chi connectivity index (χ3v) is 14.8. The molecule has 0 saturated carbocycles. The van der Waals surface area contributed by atoms with E-state index in [1.165, 1.54) is 24.3 Å². The van der Waals surface area contributed by atoms with Crippen LogP contribution in [-0.4, -0.2) is 186 Å². The first-order chi connectivity index (χ1) is 34.8. The fourth-order valence-electron chi connectivity index (χ4n) is 10.9. The number of benzene rings is 2. The van der Waals surface area contributed by atoms with Crippen molar-refractivity contribution in [3.05, 3.63) is 66.6 Å². The molecular weight excluding hydrogens is 1090 g/mol. The van der Waals surface area contributed by atoms with E-state index < -0.39 is 23.9 Å². The van der Waals surface area contributed by atoms with E-state index in [1.807, 2.05) is 58.3 Å². The minimum Gasteiger partial charge on any atom is -1.00 e. The van der Waals surface area contributed by atoms with Gasteiger partial charge in [-0.25, -0.2) is 9.59 Å². The number of piperazine rings is 2. The van der Waals surface area contributed by atoms with Crippen LogP contribution in [0.5, 0.6) is 11.5 Å². The SMILES string of the molecule is CCC[C@@H](c1ccc(OC(F)(F)F)cc1)N1CCN(C2(C)CCN(C(=O)OC(C)(C)C)CC2)C[C@@H]1C.CCC[C@H](c1ccc(OC(F)(F)F)cc1)N1CCN(C2(C)CCN(C(=O)OC(C)(C)C)CC2)C[C@@H]1C.[B].[Br-].[CH2-]CC.[Mg+2]. The fourth-order valence-corrected chi connectivity index (χ4v) is 10.9. The summed E-state index contributed by atoms with van der Waals surface area (Å²) in [4.78, 5) is 38.7. The first-order valence-corrected chi connectivity index (χ1v) is 27.3. The van der Waals surface area contributed by atoms with Crippen LogP contribution in [0.1, 0.15) is 171 Å². The Morgan fingerprint density at radius 1 is 0.577 bits per heavy atom. The van der Waals surface area contributed by atoms with E-state index >= 15 is 0 Å². The number of hydrogen-bond donors (Lipinski definition) is 0. The number of carbonyl (C=O) groups excluding carboxylic acids is 2. The van der Waals surface area contributed by atoms with E-state index in [1.54, 1.807) is 24.3 Å². The molecule has 78 heavy (non-hydrogen) atoms. The summed E-state index contributed by atoms with van der Waals surface area (Å²) in [7, 11) is 0. The minimum atomic E-state index is -4.69. The van der Waals surface area contributed by atoms with Gasteiger partial charge in [0.25, 0.3) is 0 Å². The molecule has 4 atom stereocenters. The standard InChI is InChI=1S/2C27H42F3N3O3.C3H7.B.BrH.Mg/c2*1-7-8-23(21-9-11-22(12-10-21)35-27(28,29)30)33-18-17-32(19-20(33)2)26(6)13-15-31(16-14-26)24(34)36-25(3,4)5;1-3-2;;;/h2*9-12,20,23H,7-8,13-19H2,1-6H3;1,3H2,2H3;;1H;/q;;-1;;;+2/p-1/t20-,23+;20-,23-;;;;/m00..../s1. The Morgan fingerprint density at radius 3 is 1.09 bits per heavy atom. The normalized spacial score (nSPS) is 21.3. The van der Waals surface area contributed by atoms with Crippen LogP contribution in [0.2, 0.25) is 0 Å². The van der Waals surface area contributed by atoms with Crippen LogP contribution < -0.4 is 26.5 Å². The number of hydrogen-bond acceptors (Lipinski definition) is 10. The van der Waals surface area contributed by atoms with Gasteiger partial charge in [0.1, 0.15) is 22.7 Å². The number of piperidine rings is 2. The molecule has 0 spiro atoms. The number of carbonyl (C=O) groups is 2. The molecular formula is C57H91BBrF6MgN6O6. The van der Waals surface area contributed by atoms with Gasteiger partial charge in [-0.05, 0) is 143 Å². The molecule has 0 unspecified atom stereocenters. The topological polar surface area (TPSA) is 90.5 Å². The molecule has 21 heteroatoms. The molecule has 3 radical (unpaired) electrons. The molecule has 4 saturated heterocycles. The summed E-state index contributed by atoms with van der Waals surface area (Å²) in [5.41, 5.74) is 1.09. The van der Waals surface area contributed by atoms with Crippen LogP contribution >= 0.6 is 0 Å². The van der Waals surface area contributed by atoms with Gasteiger partial charge in [-0.15, -0.1) is 26.3 Å². The van der Waals surface area contributed by atoms with Crippen molar-refractivity contribution in [3.8, 4) is 11.5 Å². The zero-order valence-electron chi connectivity index (χ0n) is 49.1. The molecule has 0 aliphatic carbocycles. The summed E-state index contributed by atoms with van der Waals surface area (Å²) in [6.07, 6.45) is -1.41. The Labute approximate surface area is 492 Å². The van der Waals surface area contributed by atoms with Gasteiger partial charge in [-0.3, -0.25) is 19.6 Å². The molecule has 12 nitrogen and oxygen atoms in total. The Kier molecular flexibility index (Phi) is 29.8. The maximum atomic E-state index is 12.6. The first kappa shape index (κ1) is 73.3. The summed E-state index contributed by atoms with van der Waals surface area (Å²) in [5, 5.41) is 0. The minimum absolute atomic E-state index is 0. The largest absolute Gasteiger partial charge is 2.00 e. The quantitative estimate of drug-likeness (QED) is 0.116. The third-order valence-electron chi connectivity index (χ3n) is 14.8. The van der Waals surface area contributed by atoms with Crippen LogP contribution in [0.15, 0.2) is 48.5 Å². The molecule has 0 N–H and O–H groups in total. The second-order valence-electron chi connectivity index (χ2n) is 23.3. The Balaban J connectivity index is 0.000000716. The maximum Gasteiger partial charge on any atom is 2.00 e. The number of likely N-dealkylation sites (tertiary alicyclic amines) is 2. The number of ether oxygens (including phenoxy) is 4. The molecule has 0 bridgehead atoms. The molecule has 0 aromatic heterocycles.